The summed E-state index contributed by atoms with van der Waals surface area (Å²) in [6.45, 7) is 1.56. The summed E-state index contributed by atoms with van der Waals surface area (Å²) in [4.78, 5) is 0. The zero-order valence-corrected chi connectivity index (χ0v) is 9.43. The van der Waals surface area contributed by atoms with Crippen LogP contribution in [-0.2, 0) is 0 Å². The van der Waals surface area contributed by atoms with E-state index < -0.39 is 0 Å². The van der Waals surface area contributed by atoms with Crippen LogP contribution in [0, 0.1) is 0 Å². The fraction of sp³-hybridized carbons (Fsp3) is 0.400. The minimum absolute atomic E-state index is 0.594. The van der Waals surface area contributed by atoms with Crippen molar-refractivity contribution in [2.45, 2.75) is 0 Å². The summed E-state index contributed by atoms with van der Waals surface area (Å²) in [5.74, 6) is 1.19. The highest BCUT2D eigenvalue weighted by Crippen LogP contribution is 2.06. The van der Waals surface area contributed by atoms with Gasteiger partial charge in [-0.05, 0) is 12.1 Å². The first-order valence-corrected chi connectivity index (χ1v) is 5.62. The summed E-state index contributed by atoms with van der Waals surface area (Å²) < 4.78 is 0. The molecule has 0 unspecified atom stereocenters. The normalized spacial score (nSPS) is 10.5. The molecule has 1 rings (SSSR count). The molecule has 0 aromatic heterocycles. The second-order valence-corrected chi connectivity index (χ2v) is 3.60. The van der Waals surface area contributed by atoms with Gasteiger partial charge in [0.15, 0.2) is 0 Å². The molecular weight excluding hydrogens is 219 g/mol. The predicted octanol–water partition coefficient (Wildman–Crippen LogP) is 2.79. The summed E-state index contributed by atoms with van der Waals surface area (Å²) in [7, 11) is 0. The molecule has 0 saturated heterocycles. The molecule has 0 aliphatic rings. The fourth-order valence-electron chi connectivity index (χ4n) is 1.12. The Hall–Kier alpha value is -0.440. The van der Waals surface area contributed by atoms with E-state index in [1.807, 2.05) is 35.3 Å². The van der Waals surface area contributed by atoms with Crippen LogP contribution in [-0.4, -0.2) is 29.9 Å². The molecule has 0 heterocycles. The van der Waals surface area contributed by atoms with Crippen molar-refractivity contribution in [3.63, 3.8) is 0 Å². The van der Waals surface area contributed by atoms with Gasteiger partial charge in [-0.15, -0.1) is 23.2 Å². The predicted molar refractivity (Wildman–Crippen MR) is 63.1 cm³/mol. The van der Waals surface area contributed by atoms with E-state index in [4.69, 9.17) is 23.2 Å². The zero-order chi connectivity index (χ0) is 10.2. The number of benzene rings is 1. The van der Waals surface area contributed by atoms with Crippen LogP contribution in [0.25, 0.3) is 0 Å². The van der Waals surface area contributed by atoms with Gasteiger partial charge in [0.1, 0.15) is 0 Å². The van der Waals surface area contributed by atoms with Gasteiger partial charge in [-0.2, -0.15) is 0 Å². The minimum atomic E-state index is 0.594. The van der Waals surface area contributed by atoms with E-state index in [1.54, 1.807) is 0 Å². The molecular formula is C10H14Cl2N2. The molecule has 0 spiro atoms. The summed E-state index contributed by atoms with van der Waals surface area (Å²) in [6.07, 6.45) is 0. The third kappa shape index (κ3) is 4.18. The highest BCUT2D eigenvalue weighted by molar-refractivity contribution is 6.18. The average Bonchev–Trinajstić information content (AvgIpc) is 2.20. The van der Waals surface area contributed by atoms with E-state index in [0.29, 0.717) is 11.8 Å². The number of hydrogen-bond donors (Lipinski definition) is 1. The van der Waals surface area contributed by atoms with Crippen molar-refractivity contribution in [2.75, 3.05) is 30.3 Å². The van der Waals surface area contributed by atoms with Crippen LogP contribution < -0.4 is 5.43 Å². The van der Waals surface area contributed by atoms with Gasteiger partial charge in [0, 0.05) is 30.5 Å². The maximum atomic E-state index is 5.67. The van der Waals surface area contributed by atoms with Crippen molar-refractivity contribution < 1.29 is 0 Å². The number of hydrazine groups is 1. The monoisotopic (exact) mass is 232 g/mol. The second kappa shape index (κ2) is 6.93. The number of nitrogens with one attached hydrogen (secondary N) is 1. The van der Waals surface area contributed by atoms with Gasteiger partial charge in [0.2, 0.25) is 0 Å². The Morgan fingerprint density at radius 1 is 1.00 bits per heavy atom. The highest BCUT2D eigenvalue weighted by atomic mass is 35.5. The first-order chi connectivity index (χ1) is 6.86. The van der Waals surface area contributed by atoms with Gasteiger partial charge in [-0.1, -0.05) is 18.2 Å². The van der Waals surface area contributed by atoms with E-state index in [9.17, 15) is 0 Å². The lowest BCUT2D eigenvalue weighted by Gasteiger charge is -2.22. The Balaban J connectivity index is 2.46. The van der Waals surface area contributed by atoms with Crippen LogP contribution in [0.5, 0.6) is 0 Å². The topological polar surface area (TPSA) is 15.3 Å². The van der Waals surface area contributed by atoms with Crippen LogP contribution >= 0.6 is 23.2 Å². The zero-order valence-electron chi connectivity index (χ0n) is 7.92. The molecule has 14 heavy (non-hydrogen) atoms. The van der Waals surface area contributed by atoms with Crippen LogP contribution in [0.2, 0.25) is 0 Å². The van der Waals surface area contributed by atoms with Gasteiger partial charge in [0.25, 0.3) is 0 Å². The smallest absolute Gasteiger partial charge is 0.0490 e. The number of halogens is 2. The lowest BCUT2D eigenvalue weighted by atomic mass is 10.3. The summed E-state index contributed by atoms with van der Waals surface area (Å²) >= 11 is 11.3. The molecule has 1 N–H and O–H groups in total. The number of para-hydroxylation sites is 1. The van der Waals surface area contributed by atoms with Crippen molar-refractivity contribution in [2.24, 2.45) is 0 Å². The van der Waals surface area contributed by atoms with Gasteiger partial charge in [-0.3, -0.25) is 0 Å². The summed E-state index contributed by atoms with van der Waals surface area (Å²) in [6, 6.07) is 9.98. The fourth-order valence-corrected chi connectivity index (χ4v) is 1.53. The Morgan fingerprint density at radius 2 is 1.57 bits per heavy atom. The molecule has 0 saturated carbocycles. The molecule has 2 nitrogen and oxygen atoms in total. The molecule has 0 fully saturated rings. The first kappa shape index (κ1) is 11.6. The van der Waals surface area contributed by atoms with Crippen molar-refractivity contribution >= 4 is 28.9 Å². The maximum absolute atomic E-state index is 5.67. The molecule has 0 radical (unpaired) electrons. The molecule has 0 aliphatic heterocycles. The van der Waals surface area contributed by atoms with E-state index >= 15 is 0 Å². The second-order valence-electron chi connectivity index (χ2n) is 2.84. The number of anilines is 1. The average molecular weight is 233 g/mol. The number of hydrogen-bond acceptors (Lipinski definition) is 2. The molecule has 0 bridgehead atoms. The Bertz CT molecular complexity index is 235. The number of nitrogens with zero attached hydrogens (tertiary/aromatic N) is 1. The maximum Gasteiger partial charge on any atom is 0.0490 e. The lowest BCUT2D eigenvalue weighted by Crippen LogP contribution is -2.33. The SMILES string of the molecule is ClCCN(CCCl)Nc1ccccc1. The Morgan fingerprint density at radius 3 is 2.07 bits per heavy atom. The molecule has 4 heteroatoms. The number of alkyl halides is 2. The third-order valence-electron chi connectivity index (χ3n) is 1.77. The molecule has 0 aliphatic carbocycles. The molecule has 1 aromatic carbocycles. The quantitative estimate of drug-likeness (QED) is 0.600. The van der Waals surface area contributed by atoms with E-state index in [-0.39, 0.29) is 0 Å². The Kier molecular flexibility index (Phi) is 5.76. The molecule has 78 valence electrons. The molecule has 0 amide bonds. The summed E-state index contributed by atoms with van der Waals surface area (Å²) in [5, 5.41) is 2.01. The van der Waals surface area contributed by atoms with Crippen molar-refractivity contribution in [3.05, 3.63) is 30.3 Å². The van der Waals surface area contributed by atoms with Crippen LogP contribution in [0.3, 0.4) is 0 Å². The van der Waals surface area contributed by atoms with Gasteiger partial charge < -0.3 is 5.43 Å². The highest BCUT2D eigenvalue weighted by Gasteiger charge is 2.01. The summed E-state index contributed by atoms with van der Waals surface area (Å²) in [5.41, 5.74) is 4.30. The third-order valence-corrected chi connectivity index (χ3v) is 2.11. The van der Waals surface area contributed by atoms with Gasteiger partial charge >= 0.3 is 0 Å². The Labute approximate surface area is 94.8 Å². The van der Waals surface area contributed by atoms with Crippen molar-refractivity contribution in [1.29, 1.82) is 0 Å². The first-order valence-electron chi connectivity index (χ1n) is 4.55. The lowest BCUT2D eigenvalue weighted by molar-refractivity contribution is 0.371. The van der Waals surface area contributed by atoms with E-state index in [1.165, 1.54) is 0 Å². The standard InChI is InChI=1S/C10H14Cl2N2/c11-6-8-14(9-7-12)13-10-4-2-1-3-5-10/h1-5,13H,6-9H2. The van der Waals surface area contributed by atoms with Crippen LogP contribution in [0.4, 0.5) is 5.69 Å². The largest absolute Gasteiger partial charge is 0.319 e. The molecule has 1 aromatic rings. The van der Waals surface area contributed by atoms with Gasteiger partial charge in [-0.25, -0.2) is 5.01 Å². The number of rotatable bonds is 6. The van der Waals surface area contributed by atoms with Crippen molar-refractivity contribution in [3.8, 4) is 0 Å². The molecule has 0 atom stereocenters. The minimum Gasteiger partial charge on any atom is -0.319 e. The van der Waals surface area contributed by atoms with E-state index in [0.717, 1.165) is 18.8 Å². The van der Waals surface area contributed by atoms with E-state index in [2.05, 4.69) is 5.43 Å². The van der Waals surface area contributed by atoms with Gasteiger partial charge in [0.05, 0.1) is 0 Å². The van der Waals surface area contributed by atoms with Crippen LogP contribution in [0.15, 0.2) is 30.3 Å². The van der Waals surface area contributed by atoms with Crippen molar-refractivity contribution in [1.82, 2.24) is 5.01 Å². The van der Waals surface area contributed by atoms with Crippen LogP contribution in [0.1, 0.15) is 0 Å².